The smallest absolute Gasteiger partial charge is 0.132 e. The first-order chi connectivity index (χ1) is 9.60. The van der Waals surface area contributed by atoms with E-state index in [1.807, 2.05) is 18.2 Å². The average Bonchev–Trinajstić information content (AvgIpc) is 2.77. The van der Waals surface area contributed by atoms with E-state index in [0.717, 1.165) is 16.8 Å². The Hall–Kier alpha value is -2.21. The monoisotopic (exact) mass is 277 g/mol. The van der Waals surface area contributed by atoms with Crippen molar-refractivity contribution in [2.45, 2.75) is 6.61 Å². The minimum Gasteiger partial charge on any atom is -0.497 e. The Kier molecular flexibility index (Phi) is 4.14. The lowest BCUT2D eigenvalue weighted by molar-refractivity contribution is 0.184. The van der Waals surface area contributed by atoms with Crippen LogP contribution in [0.15, 0.2) is 18.2 Å². The van der Waals surface area contributed by atoms with E-state index < -0.39 is 0 Å². The molecule has 2 N–H and O–H groups in total. The number of hydrogen-bond acceptors (Lipinski definition) is 5. The molecule has 6 heteroatoms. The van der Waals surface area contributed by atoms with Gasteiger partial charge in [-0.3, -0.25) is 4.68 Å². The Bertz CT molecular complexity index is 588. The highest BCUT2D eigenvalue weighted by Gasteiger charge is 2.17. The Morgan fingerprint density at radius 2 is 1.90 bits per heavy atom. The van der Waals surface area contributed by atoms with Gasteiger partial charge in [0.15, 0.2) is 0 Å². The molecule has 2 aromatic rings. The van der Waals surface area contributed by atoms with Gasteiger partial charge < -0.3 is 19.9 Å². The fourth-order valence-corrected chi connectivity index (χ4v) is 2.09. The number of ether oxygens (including phenoxy) is 3. The molecule has 0 aliphatic heterocycles. The fraction of sp³-hybridized carbons (Fsp3) is 0.357. The van der Waals surface area contributed by atoms with Crippen LogP contribution in [0.2, 0.25) is 0 Å². The second-order valence-electron chi connectivity index (χ2n) is 4.37. The number of nitrogen functional groups attached to an aromatic ring is 1. The molecule has 1 aromatic carbocycles. The van der Waals surface area contributed by atoms with E-state index in [1.54, 1.807) is 33.1 Å². The van der Waals surface area contributed by atoms with Crippen molar-refractivity contribution in [1.82, 2.24) is 9.78 Å². The van der Waals surface area contributed by atoms with Gasteiger partial charge in [0, 0.05) is 31.9 Å². The zero-order valence-electron chi connectivity index (χ0n) is 12.1. The third kappa shape index (κ3) is 2.55. The normalized spacial score (nSPS) is 10.6. The van der Waals surface area contributed by atoms with Crippen LogP contribution in [0.25, 0.3) is 11.3 Å². The van der Waals surface area contributed by atoms with Gasteiger partial charge in [0.25, 0.3) is 0 Å². The molecule has 6 nitrogen and oxygen atoms in total. The Balaban J connectivity index is 2.64. The van der Waals surface area contributed by atoms with Crippen LogP contribution in [0.3, 0.4) is 0 Å². The average molecular weight is 277 g/mol. The lowest BCUT2D eigenvalue weighted by atomic mass is 10.0. The van der Waals surface area contributed by atoms with Gasteiger partial charge in [-0.15, -0.1) is 0 Å². The van der Waals surface area contributed by atoms with E-state index in [1.165, 1.54) is 0 Å². The molecule has 1 aromatic heterocycles. The largest absolute Gasteiger partial charge is 0.497 e. The number of anilines is 1. The van der Waals surface area contributed by atoms with E-state index in [-0.39, 0.29) is 0 Å². The third-order valence-corrected chi connectivity index (χ3v) is 3.08. The van der Waals surface area contributed by atoms with Crippen LogP contribution in [-0.4, -0.2) is 31.1 Å². The van der Waals surface area contributed by atoms with Crippen molar-refractivity contribution < 1.29 is 14.2 Å². The van der Waals surface area contributed by atoms with Gasteiger partial charge >= 0.3 is 0 Å². The van der Waals surface area contributed by atoms with Gasteiger partial charge in [-0.25, -0.2) is 0 Å². The minimum atomic E-state index is 0.430. The molecule has 0 amide bonds. The number of aromatic nitrogens is 2. The summed E-state index contributed by atoms with van der Waals surface area (Å²) in [5.41, 5.74) is 8.40. The Morgan fingerprint density at radius 3 is 2.40 bits per heavy atom. The number of nitrogens with zero attached hydrogens (tertiary/aromatic N) is 2. The van der Waals surface area contributed by atoms with Gasteiger partial charge in [-0.05, 0) is 11.6 Å². The van der Waals surface area contributed by atoms with Crippen LogP contribution in [0.4, 0.5) is 5.82 Å². The van der Waals surface area contributed by atoms with E-state index in [0.29, 0.717) is 23.9 Å². The topological polar surface area (TPSA) is 71.5 Å². The number of benzene rings is 1. The van der Waals surface area contributed by atoms with Crippen molar-refractivity contribution in [3.8, 4) is 22.8 Å². The van der Waals surface area contributed by atoms with Crippen molar-refractivity contribution >= 4 is 5.82 Å². The molecule has 1 heterocycles. The summed E-state index contributed by atoms with van der Waals surface area (Å²) in [6.07, 6.45) is 0. The van der Waals surface area contributed by atoms with Gasteiger partial charge in [0.2, 0.25) is 0 Å². The molecule has 0 bridgehead atoms. The highest BCUT2D eigenvalue weighted by Crippen LogP contribution is 2.37. The summed E-state index contributed by atoms with van der Waals surface area (Å²) in [6, 6.07) is 5.54. The molecule has 0 unspecified atom stereocenters. The highest BCUT2D eigenvalue weighted by atomic mass is 16.5. The zero-order valence-corrected chi connectivity index (χ0v) is 12.1. The molecule has 0 aliphatic carbocycles. The summed E-state index contributed by atoms with van der Waals surface area (Å²) in [7, 11) is 6.66. The maximum Gasteiger partial charge on any atom is 0.132 e. The minimum absolute atomic E-state index is 0.430. The quantitative estimate of drug-likeness (QED) is 0.902. The maximum absolute atomic E-state index is 5.85. The lowest BCUT2D eigenvalue weighted by Crippen LogP contribution is -1.99. The molecule has 0 atom stereocenters. The van der Waals surface area contributed by atoms with Gasteiger partial charge in [0.1, 0.15) is 17.3 Å². The van der Waals surface area contributed by atoms with Gasteiger partial charge in [-0.1, -0.05) is 0 Å². The van der Waals surface area contributed by atoms with Crippen LogP contribution in [0.5, 0.6) is 11.5 Å². The molecule has 0 fully saturated rings. The van der Waals surface area contributed by atoms with E-state index in [4.69, 9.17) is 19.9 Å². The molecular formula is C14H19N3O3. The first-order valence-electron chi connectivity index (χ1n) is 6.14. The first kappa shape index (κ1) is 14.2. The number of rotatable bonds is 5. The lowest BCUT2D eigenvalue weighted by Gasteiger charge is -2.14. The summed E-state index contributed by atoms with van der Waals surface area (Å²) in [4.78, 5) is 0. The third-order valence-electron chi connectivity index (χ3n) is 3.08. The molecular weight excluding hydrogens is 258 g/mol. The zero-order chi connectivity index (χ0) is 14.7. The van der Waals surface area contributed by atoms with Crippen molar-refractivity contribution in [1.29, 1.82) is 0 Å². The molecule has 0 saturated carbocycles. The van der Waals surface area contributed by atoms with Crippen LogP contribution >= 0.6 is 0 Å². The van der Waals surface area contributed by atoms with E-state index in [9.17, 15) is 0 Å². The second-order valence-corrected chi connectivity index (χ2v) is 4.37. The van der Waals surface area contributed by atoms with Crippen molar-refractivity contribution in [2.75, 3.05) is 27.1 Å². The van der Waals surface area contributed by atoms with Crippen LogP contribution in [0, 0.1) is 0 Å². The summed E-state index contributed by atoms with van der Waals surface area (Å²) >= 11 is 0. The fourth-order valence-electron chi connectivity index (χ4n) is 2.09. The molecule has 0 aliphatic rings. The molecule has 2 rings (SSSR count). The van der Waals surface area contributed by atoms with E-state index in [2.05, 4.69) is 5.10 Å². The molecule has 0 spiro atoms. The van der Waals surface area contributed by atoms with Crippen LogP contribution < -0.4 is 15.2 Å². The highest BCUT2D eigenvalue weighted by molar-refractivity contribution is 5.74. The van der Waals surface area contributed by atoms with Crippen molar-refractivity contribution in [2.24, 2.45) is 7.05 Å². The van der Waals surface area contributed by atoms with Gasteiger partial charge in [0.05, 0.1) is 26.5 Å². The number of aryl methyl sites for hydroxylation is 1. The SMILES string of the molecule is COCc1cc(OC)cc(OC)c1-c1cc(N)n(C)n1. The maximum atomic E-state index is 5.85. The first-order valence-corrected chi connectivity index (χ1v) is 6.14. The summed E-state index contributed by atoms with van der Waals surface area (Å²) in [5, 5.41) is 4.40. The Morgan fingerprint density at radius 1 is 1.15 bits per heavy atom. The van der Waals surface area contributed by atoms with Crippen molar-refractivity contribution in [3.63, 3.8) is 0 Å². The molecule has 108 valence electrons. The predicted octanol–water partition coefficient (Wildman–Crippen LogP) is 1.83. The number of nitrogens with two attached hydrogens (primary N) is 1. The van der Waals surface area contributed by atoms with Crippen molar-refractivity contribution in [3.05, 3.63) is 23.8 Å². The summed E-state index contributed by atoms with van der Waals surface area (Å²) in [6.45, 7) is 0.430. The number of methoxy groups -OCH3 is 3. The summed E-state index contributed by atoms with van der Waals surface area (Å²) in [5.74, 6) is 1.97. The summed E-state index contributed by atoms with van der Waals surface area (Å²) < 4.78 is 17.6. The van der Waals surface area contributed by atoms with E-state index >= 15 is 0 Å². The number of hydrogen-bond donors (Lipinski definition) is 1. The molecule has 0 radical (unpaired) electrons. The Labute approximate surface area is 118 Å². The predicted molar refractivity (Wildman–Crippen MR) is 76.9 cm³/mol. The van der Waals surface area contributed by atoms with Crippen LogP contribution in [-0.2, 0) is 18.4 Å². The van der Waals surface area contributed by atoms with Gasteiger partial charge in [-0.2, -0.15) is 5.10 Å². The standard InChI is InChI=1S/C14H19N3O3/c1-17-13(15)7-11(16-17)14-9(8-18-2)5-10(19-3)6-12(14)20-4/h5-7H,8,15H2,1-4H3. The van der Waals surface area contributed by atoms with Crippen LogP contribution in [0.1, 0.15) is 5.56 Å². The molecule has 0 saturated heterocycles. The second kappa shape index (κ2) is 5.83. The molecule has 20 heavy (non-hydrogen) atoms.